The van der Waals surface area contributed by atoms with Crippen LogP contribution in [-0.4, -0.2) is 60.5 Å². The largest absolute Gasteiger partial charge is 0.377 e. The van der Waals surface area contributed by atoms with Crippen LogP contribution in [0.2, 0.25) is 0 Å². The van der Waals surface area contributed by atoms with Crippen molar-refractivity contribution in [1.82, 2.24) is 14.8 Å². The van der Waals surface area contributed by atoms with Crippen LogP contribution in [0.5, 0.6) is 0 Å². The average molecular weight is 364 g/mol. The van der Waals surface area contributed by atoms with E-state index in [2.05, 4.69) is 20.9 Å². The van der Waals surface area contributed by atoms with E-state index in [1.165, 1.54) is 12.0 Å². The summed E-state index contributed by atoms with van der Waals surface area (Å²) in [5.74, 6) is 0.730. The van der Waals surface area contributed by atoms with Gasteiger partial charge >= 0.3 is 0 Å². The van der Waals surface area contributed by atoms with E-state index in [1.54, 1.807) is 0 Å². The molecular formula is C22H28N4O. The minimum absolute atomic E-state index is 0.178. The van der Waals surface area contributed by atoms with Crippen molar-refractivity contribution in [2.45, 2.75) is 25.4 Å². The zero-order chi connectivity index (χ0) is 18.8. The van der Waals surface area contributed by atoms with Gasteiger partial charge in [-0.1, -0.05) is 18.2 Å². The molecule has 0 saturated carbocycles. The van der Waals surface area contributed by atoms with Gasteiger partial charge < -0.3 is 9.80 Å². The Morgan fingerprint density at radius 2 is 1.96 bits per heavy atom. The molecule has 2 atom stereocenters. The monoisotopic (exact) mass is 364 g/mol. The first kappa shape index (κ1) is 18.0. The first-order valence-electron chi connectivity index (χ1n) is 9.80. The van der Waals surface area contributed by atoms with E-state index in [0.717, 1.165) is 43.9 Å². The van der Waals surface area contributed by atoms with Crippen molar-refractivity contribution in [3.8, 4) is 0 Å². The number of rotatable bonds is 4. The molecule has 3 aliphatic rings. The van der Waals surface area contributed by atoms with Gasteiger partial charge in [0, 0.05) is 64.4 Å². The summed E-state index contributed by atoms with van der Waals surface area (Å²) < 4.78 is 0. The van der Waals surface area contributed by atoms with E-state index in [0.29, 0.717) is 12.0 Å². The number of carbonyl (C=O) groups excluding carboxylic acids is 1. The number of aromatic nitrogens is 1. The molecule has 0 spiro atoms. The fourth-order valence-electron chi connectivity index (χ4n) is 4.51. The molecule has 5 nitrogen and oxygen atoms in total. The van der Waals surface area contributed by atoms with Crippen LogP contribution < -0.4 is 4.90 Å². The van der Waals surface area contributed by atoms with E-state index in [1.807, 2.05) is 61.7 Å². The van der Waals surface area contributed by atoms with Gasteiger partial charge in [-0.15, -0.1) is 0 Å². The molecule has 3 fully saturated rings. The van der Waals surface area contributed by atoms with Gasteiger partial charge in [-0.25, -0.2) is 0 Å². The number of benzene rings is 1. The van der Waals surface area contributed by atoms with E-state index < -0.39 is 0 Å². The fourth-order valence-corrected chi connectivity index (χ4v) is 4.51. The third-order valence-electron chi connectivity index (χ3n) is 5.80. The van der Waals surface area contributed by atoms with Crippen molar-refractivity contribution in [1.29, 1.82) is 0 Å². The molecular weight excluding hydrogens is 336 g/mol. The second-order valence-electron chi connectivity index (χ2n) is 8.02. The first-order valence-corrected chi connectivity index (χ1v) is 9.80. The highest BCUT2D eigenvalue weighted by molar-refractivity contribution is 6.00. The molecule has 142 valence electrons. The number of pyridine rings is 1. The zero-order valence-corrected chi connectivity index (χ0v) is 16.2. The quantitative estimate of drug-likeness (QED) is 0.836. The lowest BCUT2D eigenvalue weighted by Gasteiger charge is -2.37. The Morgan fingerprint density at radius 1 is 1.11 bits per heavy atom. The molecule has 1 aromatic carbocycles. The summed E-state index contributed by atoms with van der Waals surface area (Å²) in [5.41, 5.74) is 3.05. The molecule has 3 aliphatic heterocycles. The summed E-state index contributed by atoms with van der Waals surface area (Å²) in [6, 6.07) is 12.4. The van der Waals surface area contributed by atoms with Crippen molar-refractivity contribution in [3.05, 3.63) is 59.9 Å². The average Bonchev–Trinajstić information content (AvgIpc) is 2.98. The van der Waals surface area contributed by atoms with Crippen LogP contribution >= 0.6 is 0 Å². The van der Waals surface area contributed by atoms with Crippen molar-refractivity contribution in [2.75, 3.05) is 38.6 Å². The Labute approximate surface area is 161 Å². The predicted molar refractivity (Wildman–Crippen MR) is 108 cm³/mol. The lowest BCUT2D eigenvalue weighted by molar-refractivity contribution is 0.0585. The Bertz CT molecular complexity index is 792. The molecule has 5 rings (SSSR count). The summed E-state index contributed by atoms with van der Waals surface area (Å²) in [7, 11) is 3.99. The zero-order valence-electron chi connectivity index (χ0n) is 16.2. The molecule has 2 aromatic rings. The number of nitrogens with zero attached hydrogens (tertiary/aromatic N) is 4. The van der Waals surface area contributed by atoms with E-state index in [-0.39, 0.29) is 5.91 Å². The van der Waals surface area contributed by atoms with Gasteiger partial charge in [-0.3, -0.25) is 14.7 Å². The minimum atomic E-state index is 0.178. The van der Waals surface area contributed by atoms with Crippen LogP contribution in [0.3, 0.4) is 0 Å². The maximum atomic E-state index is 13.4. The third kappa shape index (κ3) is 3.83. The number of piperidine rings is 1. The summed E-state index contributed by atoms with van der Waals surface area (Å²) in [5, 5.41) is 0. The molecule has 0 unspecified atom stereocenters. The lowest BCUT2D eigenvalue weighted by atomic mass is 9.94. The van der Waals surface area contributed by atoms with E-state index in [9.17, 15) is 4.79 Å². The van der Waals surface area contributed by atoms with Gasteiger partial charge in [-0.2, -0.15) is 0 Å². The van der Waals surface area contributed by atoms with Crippen LogP contribution in [0.4, 0.5) is 5.69 Å². The van der Waals surface area contributed by atoms with Crippen molar-refractivity contribution >= 4 is 11.6 Å². The molecule has 0 N–H and O–H groups in total. The van der Waals surface area contributed by atoms with Crippen molar-refractivity contribution in [2.24, 2.45) is 5.92 Å². The van der Waals surface area contributed by atoms with Crippen LogP contribution in [0.1, 0.15) is 28.8 Å². The second-order valence-corrected chi connectivity index (χ2v) is 8.02. The van der Waals surface area contributed by atoms with Crippen LogP contribution in [-0.2, 0) is 6.54 Å². The molecule has 0 radical (unpaired) electrons. The number of amides is 1. The van der Waals surface area contributed by atoms with Gasteiger partial charge in [0.2, 0.25) is 0 Å². The molecule has 4 heterocycles. The number of fused-ring (bicyclic) bond motifs is 4. The highest BCUT2D eigenvalue weighted by Gasteiger charge is 2.37. The van der Waals surface area contributed by atoms with Crippen LogP contribution in [0.25, 0.3) is 0 Å². The Hall–Kier alpha value is -2.40. The molecule has 27 heavy (non-hydrogen) atoms. The number of anilines is 1. The standard InChI is InChI=1S/C22H28N4O/c1-24(2)21-8-4-3-7-20(21)22(27)26-15-18-9-10-19(26)16-25(14-18)13-17-6-5-11-23-12-17/h3-8,11-12,18-19H,9-10,13-16H2,1-2H3/t18-,19+/m0/s1. The molecule has 0 aliphatic carbocycles. The number of hydrogen-bond donors (Lipinski definition) is 0. The lowest BCUT2D eigenvalue weighted by Crippen LogP contribution is -2.47. The smallest absolute Gasteiger partial charge is 0.256 e. The molecule has 1 amide bonds. The highest BCUT2D eigenvalue weighted by atomic mass is 16.2. The molecule has 2 bridgehead atoms. The highest BCUT2D eigenvalue weighted by Crippen LogP contribution is 2.31. The Balaban J connectivity index is 1.53. The normalized spacial score (nSPS) is 22.5. The molecule has 1 aromatic heterocycles. The second kappa shape index (κ2) is 7.69. The molecule has 3 saturated heterocycles. The van der Waals surface area contributed by atoms with E-state index >= 15 is 0 Å². The summed E-state index contributed by atoms with van der Waals surface area (Å²) >= 11 is 0. The fraction of sp³-hybridized carbons (Fsp3) is 0.455. The summed E-state index contributed by atoms with van der Waals surface area (Å²) in [6.45, 7) is 3.79. The Morgan fingerprint density at radius 3 is 2.74 bits per heavy atom. The number of para-hydroxylation sites is 1. The maximum absolute atomic E-state index is 13.4. The minimum Gasteiger partial charge on any atom is -0.377 e. The summed E-state index contributed by atoms with van der Waals surface area (Å²) in [6.07, 6.45) is 6.08. The van der Waals surface area contributed by atoms with Gasteiger partial charge in [0.05, 0.1) is 5.56 Å². The van der Waals surface area contributed by atoms with Gasteiger partial charge in [0.25, 0.3) is 5.91 Å². The molecule has 5 heteroatoms. The van der Waals surface area contributed by atoms with Gasteiger partial charge in [0.15, 0.2) is 0 Å². The van der Waals surface area contributed by atoms with E-state index in [4.69, 9.17) is 0 Å². The number of carbonyl (C=O) groups is 1. The predicted octanol–water partition coefficient (Wildman–Crippen LogP) is 2.88. The Kier molecular flexibility index (Phi) is 5.12. The van der Waals surface area contributed by atoms with Crippen LogP contribution in [0.15, 0.2) is 48.8 Å². The third-order valence-corrected chi connectivity index (χ3v) is 5.80. The first-order chi connectivity index (χ1) is 13.1. The van der Waals surface area contributed by atoms with Gasteiger partial charge in [0.1, 0.15) is 0 Å². The summed E-state index contributed by atoms with van der Waals surface area (Å²) in [4.78, 5) is 24.3. The van der Waals surface area contributed by atoms with Gasteiger partial charge in [-0.05, 0) is 42.5 Å². The van der Waals surface area contributed by atoms with Crippen molar-refractivity contribution < 1.29 is 4.79 Å². The number of hydrogen-bond acceptors (Lipinski definition) is 4. The SMILES string of the molecule is CN(C)c1ccccc1C(=O)N1C[C@H]2CC[C@@H]1CN(Cc1cccnc1)C2. The van der Waals surface area contributed by atoms with Crippen molar-refractivity contribution in [3.63, 3.8) is 0 Å². The topological polar surface area (TPSA) is 39.7 Å². The van der Waals surface area contributed by atoms with Crippen LogP contribution in [0, 0.1) is 5.92 Å². The maximum Gasteiger partial charge on any atom is 0.256 e.